The average Bonchev–Trinajstić information content (AvgIpc) is 2.51. The zero-order valence-corrected chi connectivity index (χ0v) is 8.73. The highest BCUT2D eigenvalue weighted by molar-refractivity contribution is 5.79. The van der Waals surface area contributed by atoms with Gasteiger partial charge in [0.25, 0.3) is 0 Å². The number of nitrogens with two attached hydrogens (primary N) is 1. The number of carbonyl (C=O) groups is 1. The van der Waals surface area contributed by atoms with Crippen molar-refractivity contribution in [1.82, 2.24) is 9.55 Å². The van der Waals surface area contributed by atoms with Gasteiger partial charge in [-0.05, 0) is 12.5 Å². The number of imidazole rings is 1. The van der Waals surface area contributed by atoms with Crippen molar-refractivity contribution in [2.75, 3.05) is 6.54 Å². The summed E-state index contributed by atoms with van der Waals surface area (Å²) < 4.78 is 1.60. The molecular weight excluding hydrogens is 178 g/mol. The lowest BCUT2D eigenvalue weighted by molar-refractivity contribution is 0.0883. The Hall–Kier alpha value is -1.16. The van der Waals surface area contributed by atoms with E-state index in [0.717, 1.165) is 5.69 Å². The van der Waals surface area contributed by atoms with E-state index < -0.39 is 0 Å². The Bertz CT molecular complexity index is 304. The van der Waals surface area contributed by atoms with Gasteiger partial charge in [0.1, 0.15) is 6.33 Å². The van der Waals surface area contributed by atoms with Crippen LogP contribution in [-0.2, 0) is 6.42 Å². The summed E-state index contributed by atoms with van der Waals surface area (Å²) in [5.74, 6) is 0.469. The Morgan fingerprint density at radius 2 is 2.36 bits per heavy atom. The number of nitrogens with zero attached hydrogens (tertiary/aromatic N) is 2. The molecule has 1 rings (SSSR count). The van der Waals surface area contributed by atoms with Crippen LogP contribution in [0.4, 0.5) is 0 Å². The molecule has 0 aliphatic rings. The van der Waals surface area contributed by atoms with Crippen LogP contribution in [0.15, 0.2) is 12.5 Å². The highest BCUT2D eigenvalue weighted by Gasteiger charge is 2.10. The maximum atomic E-state index is 11.7. The van der Waals surface area contributed by atoms with Crippen LogP contribution in [0.1, 0.15) is 30.8 Å². The minimum atomic E-state index is 0.0981. The molecule has 14 heavy (non-hydrogen) atoms. The molecule has 0 aliphatic heterocycles. The molecular formula is C10H17N3O. The Morgan fingerprint density at radius 1 is 1.64 bits per heavy atom. The second kappa shape index (κ2) is 4.91. The lowest BCUT2D eigenvalue weighted by Crippen LogP contribution is -2.16. The average molecular weight is 195 g/mol. The van der Waals surface area contributed by atoms with E-state index in [9.17, 15) is 4.79 Å². The van der Waals surface area contributed by atoms with Crippen molar-refractivity contribution in [3.8, 4) is 0 Å². The minimum Gasteiger partial charge on any atom is -0.330 e. The molecule has 0 saturated heterocycles. The molecule has 0 amide bonds. The monoisotopic (exact) mass is 195 g/mol. The van der Waals surface area contributed by atoms with E-state index >= 15 is 0 Å². The quantitative estimate of drug-likeness (QED) is 0.781. The lowest BCUT2D eigenvalue weighted by Gasteiger charge is -2.07. The maximum absolute atomic E-state index is 11.7. The van der Waals surface area contributed by atoms with Gasteiger partial charge in [0, 0.05) is 24.7 Å². The Kier molecular flexibility index (Phi) is 3.83. The lowest BCUT2D eigenvalue weighted by atomic mass is 10.1. The number of aromatic nitrogens is 2. The van der Waals surface area contributed by atoms with E-state index in [1.54, 1.807) is 17.1 Å². The molecule has 4 heteroatoms. The predicted octanol–water partition coefficient (Wildman–Crippen LogP) is 1.07. The topological polar surface area (TPSA) is 60.9 Å². The van der Waals surface area contributed by atoms with Gasteiger partial charge in [-0.25, -0.2) is 4.98 Å². The number of hydrogen-bond donors (Lipinski definition) is 1. The summed E-state index contributed by atoms with van der Waals surface area (Å²) in [6.07, 6.45) is 4.51. The number of rotatable bonds is 4. The van der Waals surface area contributed by atoms with Crippen LogP contribution in [0.3, 0.4) is 0 Å². The number of carbonyl (C=O) groups excluding carboxylic acids is 1. The molecule has 0 aromatic carbocycles. The van der Waals surface area contributed by atoms with Gasteiger partial charge in [-0.15, -0.1) is 0 Å². The molecule has 2 N–H and O–H groups in total. The van der Waals surface area contributed by atoms with Crippen molar-refractivity contribution in [2.45, 2.75) is 26.7 Å². The van der Waals surface area contributed by atoms with Gasteiger partial charge in [-0.2, -0.15) is 0 Å². The van der Waals surface area contributed by atoms with Gasteiger partial charge in [0.15, 0.2) is 0 Å². The normalized spacial score (nSPS) is 10.9. The second-order valence-electron chi connectivity index (χ2n) is 3.79. The molecule has 0 aliphatic carbocycles. The van der Waals surface area contributed by atoms with Gasteiger partial charge >= 0.3 is 0 Å². The van der Waals surface area contributed by atoms with E-state index in [4.69, 9.17) is 5.73 Å². The highest BCUT2D eigenvalue weighted by atomic mass is 16.2. The molecule has 0 unspecified atom stereocenters. The molecule has 1 heterocycles. The van der Waals surface area contributed by atoms with Gasteiger partial charge in [-0.1, -0.05) is 13.8 Å². The molecule has 78 valence electrons. The van der Waals surface area contributed by atoms with Crippen LogP contribution in [-0.4, -0.2) is 22.0 Å². The summed E-state index contributed by atoms with van der Waals surface area (Å²) >= 11 is 0. The minimum absolute atomic E-state index is 0.0981. The summed E-state index contributed by atoms with van der Waals surface area (Å²) in [4.78, 5) is 15.6. The fraction of sp³-hybridized carbons (Fsp3) is 0.600. The van der Waals surface area contributed by atoms with Crippen LogP contribution in [0.2, 0.25) is 0 Å². The van der Waals surface area contributed by atoms with E-state index in [1.165, 1.54) is 0 Å². The van der Waals surface area contributed by atoms with Crippen LogP contribution in [0.5, 0.6) is 0 Å². The molecule has 0 fully saturated rings. The maximum Gasteiger partial charge on any atom is 0.232 e. The smallest absolute Gasteiger partial charge is 0.232 e. The Morgan fingerprint density at radius 3 is 2.93 bits per heavy atom. The molecule has 0 saturated carbocycles. The van der Waals surface area contributed by atoms with Crippen molar-refractivity contribution in [3.63, 3.8) is 0 Å². The largest absolute Gasteiger partial charge is 0.330 e. The van der Waals surface area contributed by atoms with Crippen LogP contribution in [0, 0.1) is 5.92 Å². The first-order chi connectivity index (χ1) is 6.65. The molecule has 0 spiro atoms. The summed E-state index contributed by atoms with van der Waals surface area (Å²) in [6, 6.07) is 0. The van der Waals surface area contributed by atoms with E-state index in [0.29, 0.717) is 25.3 Å². The highest BCUT2D eigenvalue weighted by Crippen LogP contribution is 2.06. The molecule has 0 bridgehead atoms. The molecule has 0 atom stereocenters. The van der Waals surface area contributed by atoms with Crippen molar-refractivity contribution in [3.05, 3.63) is 18.2 Å². The van der Waals surface area contributed by atoms with Crippen LogP contribution >= 0.6 is 0 Å². The van der Waals surface area contributed by atoms with Gasteiger partial charge in [0.05, 0.1) is 0 Å². The van der Waals surface area contributed by atoms with Crippen molar-refractivity contribution in [1.29, 1.82) is 0 Å². The molecule has 4 nitrogen and oxygen atoms in total. The van der Waals surface area contributed by atoms with E-state index in [-0.39, 0.29) is 5.91 Å². The van der Waals surface area contributed by atoms with Crippen molar-refractivity contribution < 1.29 is 4.79 Å². The Labute approximate surface area is 84.1 Å². The standard InChI is InChI=1S/C10H17N3O/c1-8(2)5-10(14)13-7-12-6-9(13)3-4-11/h6-8H,3-5,11H2,1-2H3. The third kappa shape index (κ3) is 2.67. The second-order valence-corrected chi connectivity index (χ2v) is 3.79. The van der Waals surface area contributed by atoms with Gasteiger partial charge in [0.2, 0.25) is 5.91 Å². The molecule has 1 aromatic rings. The predicted molar refractivity (Wildman–Crippen MR) is 55.1 cm³/mol. The zero-order valence-electron chi connectivity index (χ0n) is 8.73. The fourth-order valence-corrected chi connectivity index (χ4v) is 1.33. The Balaban J connectivity index is 2.73. The summed E-state index contributed by atoms with van der Waals surface area (Å²) in [5, 5.41) is 0. The van der Waals surface area contributed by atoms with Gasteiger partial charge in [-0.3, -0.25) is 9.36 Å². The first-order valence-electron chi connectivity index (χ1n) is 4.89. The van der Waals surface area contributed by atoms with E-state index in [1.807, 2.05) is 13.8 Å². The first kappa shape index (κ1) is 10.9. The van der Waals surface area contributed by atoms with Crippen molar-refractivity contribution in [2.24, 2.45) is 11.7 Å². The molecule has 0 radical (unpaired) electrons. The fourth-order valence-electron chi connectivity index (χ4n) is 1.33. The third-order valence-corrected chi connectivity index (χ3v) is 1.97. The summed E-state index contributed by atoms with van der Waals surface area (Å²) in [5.41, 5.74) is 6.34. The van der Waals surface area contributed by atoms with Crippen molar-refractivity contribution >= 4 is 5.91 Å². The third-order valence-electron chi connectivity index (χ3n) is 1.97. The van der Waals surface area contributed by atoms with Crippen LogP contribution in [0.25, 0.3) is 0 Å². The number of hydrogen-bond acceptors (Lipinski definition) is 3. The first-order valence-corrected chi connectivity index (χ1v) is 4.89. The molecule has 1 aromatic heterocycles. The summed E-state index contributed by atoms with van der Waals surface area (Å²) in [7, 11) is 0. The SMILES string of the molecule is CC(C)CC(=O)n1cncc1CCN. The van der Waals surface area contributed by atoms with Crippen LogP contribution < -0.4 is 5.73 Å². The summed E-state index contributed by atoms with van der Waals surface area (Å²) in [6.45, 7) is 4.59. The van der Waals surface area contributed by atoms with E-state index in [2.05, 4.69) is 4.98 Å². The van der Waals surface area contributed by atoms with Gasteiger partial charge < -0.3 is 5.73 Å². The zero-order chi connectivity index (χ0) is 10.6.